The van der Waals surface area contributed by atoms with E-state index in [4.69, 9.17) is 12.2 Å². The Morgan fingerprint density at radius 2 is 2.33 bits per heavy atom. The molecule has 0 fully saturated rings. The molecule has 1 aromatic carbocycles. The predicted octanol–water partition coefficient (Wildman–Crippen LogP) is 1.64. The van der Waals surface area contributed by atoms with Gasteiger partial charge in [-0.05, 0) is 17.7 Å². The molecule has 1 nitrogen and oxygen atoms in total. The SMILES string of the molecule is C#Cc1cccc(/C=C/CN)c1. The Kier molecular flexibility index (Phi) is 3.13. The summed E-state index contributed by atoms with van der Waals surface area (Å²) in [6.45, 7) is 0.556. The van der Waals surface area contributed by atoms with Gasteiger partial charge in [0.15, 0.2) is 0 Å². The molecule has 0 radical (unpaired) electrons. The van der Waals surface area contributed by atoms with Crippen molar-refractivity contribution >= 4 is 6.08 Å². The minimum atomic E-state index is 0.556. The number of benzene rings is 1. The zero-order valence-corrected chi connectivity index (χ0v) is 6.83. The molecule has 60 valence electrons. The standard InChI is InChI=1S/C11H11N/c1-2-10-5-3-6-11(9-10)7-4-8-12/h1,3-7,9H,8,12H2/b7-4+. The third kappa shape index (κ3) is 2.26. The highest BCUT2D eigenvalue weighted by molar-refractivity contribution is 5.52. The van der Waals surface area contributed by atoms with E-state index in [-0.39, 0.29) is 0 Å². The summed E-state index contributed by atoms with van der Waals surface area (Å²) >= 11 is 0. The summed E-state index contributed by atoms with van der Waals surface area (Å²) in [4.78, 5) is 0. The van der Waals surface area contributed by atoms with Gasteiger partial charge >= 0.3 is 0 Å². The average Bonchev–Trinajstić information content (AvgIpc) is 2.15. The molecule has 0 spiro atoms. The van der Waals surface area contributed by atoms with E-state index in [0.717, 1.165) is 11.1 Å². The van der Waals surface area contributed by atoms with Crippen LogP contribution in [0.4, 0.5) is 0 Å². The van der Waals surface area contributed by atoms with Gasteiger partial charge in [0.1, 0.15) is 0 Å². The lowest BCUT2D eigenvalue weighted by atomic mass is 10.1. The number of terminal acetylenes is 1. The van der Waals surface area contributed by atoms with Crippen LogP contribution < -0.4 is 5.73 Å². The van der Waals surface area contributed by atoms with Crippen LogP contribution in [0, 0.1) is 12.3 Å². The zero-order valence-electron chi connectivity index (χ0n) is 6.83. The van der Waals surface area contributed by atoms with Crippen molar-refractivity contribution in [3.63, 3.8) is 0 Å². The van der Waals surface area contributed by atoms with Crippen LogP contribution in [0.5, 0.6) is 0 Å². The van der Waals surface area contributed by atoms with Crippen molar-refractivity contribution < 1.29 is 0 Å². The fraction of sp³-hybridized carbons (Fsp3) is 0.0909. The van der Waals surface area contributed by atoms with Gasteiger partial charge in [0.25, 0.3) is 0 Å². The first kappa shape index (κ1) is 8.58. The van der Waals surface area contributed by atoms with Crippen molar-refractivity contribution in [2.45, 2.75) is 0 Å². The van der Waals surface area contributed by atoms with Crippen molar-refractivity contribution in [2.75, 3.05) is 6.54 Å². The fourth-order valence-electron chi connectivity index (χ4n) is 0.936. The molecule has 0 saturated carbocycles. The maximum atomic E-state index is 5.32. The van der Waals surface area contributed by atoms with Crippen LogP contribution in [0.2, 0.25) is 0 Å². The molecule has 0 aromatic heterocycles. The van der Waals surface area contributed by atoms with Gasteiger partial charge in [-0.15, -0.1) is 6.42 Å². The van der Waals surface area contributed by atoms with E-state index >= 15 is 0 Å². The van der Waals surface area contributed by atoms with Gasteiger partial charge in [0.2, 0.25) is 0 Å². The summed E-state index contributed by atoms with van der Waals surface area (Å²) in [6.07, 6.45) is 9.11. The third-order valence-electron chi connectivity index (χ3n) is 1.50. The van der Waals surface area contributed by atoms with E-state index in [9.17, 15) is 0 Å². The number of nitrogens with two attached hydrogens (primary N) is 1. The summed E-state index contributed by atoms with van der Waals surface area (Å²) in [7, 11) is 0. The molecule has 0 amide bonds. The first-order valence-electron chi connectivity index (χ1n) is 3.80. The van der Waals surface area contributed by atoms with E-state index in [2.05, 4.69) is 5.92 Å². The lowest BCUT2D eigenvalue weighted by molar-refractivity contribution is 1.26. The van der Waals surface area contributed by atoms with Gasteiger partial charge in [-0.2, -0.15) is 0 Å². The molecule has 1 aromatic rings. The number of rotatable bonds is 2. The minimum absolute atomic E-state index is 0.556. The highest BCUT2D eigenvalue weighted by Crippen LogP contribution is 2.05. The van der Waals surface area contributed by atoms with Crippen LogP contribution in [0.1, 0.15) is 11.1 Å². The van der Waals surface area contributed by atoms with Crippen LogP contribution in [0.3, 0.4) is 0 Å². The molecule has 0 aliphatic heterocycles. The largest absolute Gasteiger partial charge is 0.327 e. The normalized spacial score (nSPS) is 10.0. The maximum absolute atomic E-state index is 5.32. The van der Waals surface area contributed by atoms with Crippen LogP contribution in [0.15, 0.2) is 30.3 Å². The van der Waals surface area contributed by atoms with Crippen LogP contribution >= 0.6 is 0 Å². The summed E-state index contributed by atoms with van der Waals surface area (Å²) in [5.74, 6) is 2.58. The van der Waals surface area contributed by atoms with E-state index < -0.39 is 0 Å². The second-order valence-corrected chi connectivity index (χ2v) is 2.41. The topological polar surface area (TPSA) is 26.0 Å². The molecule has 1 heteroatoms. The highest BCUT2D eigenvalue weighted by atomic mass is 14.5. The Bertz CT molecular complexity index is 318. The lowest BCUT2D eigenvalue weighted by Gasteiger charge is -1.93. The lowest BCUT2D eigenvalue weighted by Crippen LogP contribution is -1.91. The fourth-order valence-corrected chi connectivity index (χ4v) is 0.936. The zero-order chi connectivity index (χ0) is 8.81. The molecule has 0 unspecified atom stereocenters. The van der Waals surface area contributed by atoms with Gasteiger partial charge in [-0.1, -0.05) is 30.2 Å². The Morgan fingerprint density at radius 1 is 1.50 bits per heavy atom. The first-order valence-corrected chi connectivity index (χ1v) is 3.80. The maximum Gasteiger partial charge on any atom is 0.0248 e. The van der Waals surface area contributed by atoms with Crippen molar-refractivity contribution in [2.24, 2.45) is 5.73 Å². The number of hydrogen-bond acceptors (Lipinski definition) is 1. The van der Waals surface area contributed by atoms with Crippen molar-refractivity contribution in [1.29, 1.82) is 0 Å². The average molecular weight is 157 g/mol. The van der Waals surface area contributed by atoms with Gasteiger partial charge in [0, 0.05) is 12.1 Å². The molecule has 1 rings (SSSR count). The second kappa shape index (κ2) is 4.38. The van der Waals surface area contributed by atoms with Crippen molar-refractivity contribution in [3.8, 4) is 12.3 Å². The van der Waals surface area contributed by atoms with Crippen molar-refractivity contribution in [3.05, 3.63) is 41.5 Å². The third-order valence-corrected chi connectivity index (χ3v) is 1.50. The minimum Gasteiger partial charge on any atom is -0.327 e. The van der Waals surface area contributed by atoms with E-state index in [1.807, 2.05) is 36.4 Å². The van der Waals surface area contributed by atoms with E-state index in [1.165, 1.54) is 0 Å². The summed E-state index contributed by atoms with van der Waals surface area (Å²) in [5.41, 5.74) is 7.31. The van der Waals surface area contributed by atoms with Crippen LogP contribution in [-0.4, -0.2) is 6.54 Å². The Labute approximate surface area is 72.9 Å². The molecular formula is C11H11N. The van der Waals surface area contributed by atoms with Gasteiger partial charge in [0.05, 0.1) is 0 Å². The Hall–Kier alpha value is -1.52. The van der Waals surface area contributed by atoms with Crippen LogP contribution in [0.25, 0.3) is 6.08 Å². The van der Waals surface area contributed by atoms with E-state index in [1.54, 1.807) is 0 Å². The molecule has 12 heavy (non-hydrogen) atoms. The predicted molar refractivity (Wildman–Crippen MR) is 52.5 cm³/mol. The van der Waals surface area contributed by atoms with Gasteiger partial charge in [-0.25, -0.2) is 0 Å². The molecular weight excluding hydrogens is 146 g/mol. The highest BCUT2D eigenvalue weighted by Gasteiger charge is 1.87. The van der Waals surface area contributed by atoms with E-state index in [0.29, 0.717) is 6.54 Å². The molecule has 0 heterocycles. The summed E-state index contributed by atoms with van der Waals surface area (Å²) in [6, 6.07) is 7.78. The molecule has 0 saturated heterocycles. The molecule has 0 atom stereocenters. The summed E-state index contributed by atoms with van der Waals surface area (Å²) in [5, 5.41) is 0. The van der Waals surface area contributed by atoms with Crippen LogP contribution in [-0.2, 0) is 0 Å². The smallest absolute Gasteiger partial charge is 0.0248 e. The van der Waals surface area contributed by atoms with Crippen molar-refractivity contribution in [1.82, 2.24) is 0 Å². The van der Waals surface area contributed by atoms with Gasteiger partial charge in [-0.3, -0.25) is 0 Å². The molecule has 0 aliphatic carbocycles. The monoisotopic (exact) mass is 157 g/mol. The first-order chi connectivity index (χ1) is 5.86. The Balaban J connectivity index is 2.88. The quantitative estimate of drug-likeness (QED) is 0.649. The second-order valence-electron chi connectivity index (χ2n) is 2.41. The number of hydrogen-bond donors (Lipinski definition) is 1. The van der Waals surface area contributed by atoms with Gasteiger partial charge < -0.3 is 5.73 Å². The molecule has 2 N–H and O–H groups in total. The molecule has 0 aliphatic rings. The molecule has 0 bridgehead atoms. The summed E-state index contributed by atoms with van der Waals surface area (Å²) < 4.78 is 0. The Morgan fingerprint density at radius 3 is 3.00 bits per heavy atom.